The third kappa shape index (κ3) is 3.85. The van der Waals surface area contributed by atoms with Crippen molar-refractivity contribution in [3.63, 3.8) is 0 Å². The molecule has 1 atom stereocenters. The number of hydrogen-bond acceptors (Lipinski definition) is 2. The second-order valence-corrected chi connectivity index (χ2v) is 4.58. The summed E-state index contributed by atoms with van der Waals surface area (Å²) in [5.74, 6) is 0. The Morgan fingerprint density at radius 3 is 2.05 bits per heavy atom. The number of nitrogens with two attached hydrogens (primary N) is 1. The van der Waals surface area contributed by atoms with E-state index >= 15 is 0 Å². The molecule has 2 N–H and O–H groups in total. The summed E-state index contributed by atoms with van der Waals surface area (Å²) in [6.07, 6.45) is -9.55. The topological polar surface area (TPSA) is 43.8 Å². The van der Waals surface area contributed by atoms with Gasteiger partial charge in [0.15, 0.2) is 5.69 Å². The maximum Gasteiger partial charge on any atom is 0.435 e. The molecule has 1 aromatic heterocycles. The van der Waals surface area contributed by atoms with E-state index < -0.39 is 35.8 Å². The van der Waals surface area contributed by atoms with Gasteiger partial charge in [-0.3, -0.25) is 4.68 Å². The zero-order valence-electron chi connectivity index (χ0n) is 10.2. The summed E-state index contributed by atoms with van der Waals surface area (Å²) in [6, 6.07) is -0.00819. The van der Waals surface area contributed by atoms with Gasteiger partial charge in [0, 0.05) is 11.6 Å². The lowest BCUT2D eigenvalue weighted by Gasteiger charge is -2.24. The van der Waals surface area contributed by atoms with Gasteiger partial charge in [-0.2, -0.15) is 31.4 Å². The molecule has 1 aromatic rings. The molecule has 1 unspecified atom stereocenters. The highest BCUT2D eigenvalue weighted by molar-refractivity contribution is 5.16. The molecule has 0 saturated heterocycles. The average molecular weight is 289 g/mol. The van der Waals surface area contributed by atoms with Gasteiger partial charge in [-0.15, -0.1) is 0 Å². The van der Waals surface area contributed by atoms with Crippen molar-refractivity contribution in [2.24, 2.45) is 5.73 Å². The fourth-order valence-electron chi connectivity index (χ4n) is 1.36. The SMILES string of the molecule is CCC(C)(N)Cn1nc(C(F)(F)F)cc1C(F)(F)F. The summed E-state index contributed by atoms with van der Waals surface area (Å²) in [6.45, 7) is 2.62. The minimum atomic E-state index is -4.93. The Kier molecular flexibility index (Phi) is 3.91. The normalized spacial score (nSPS) is 16.5. The lowest BCUT2D eigenvalue weighted by Crippen LogP contribution is -2.41. The van der Waals surface area contributed by atoms with Crippen LogP contribution < -0.4 is 5.73 Å². The lowest BCUT2D eigenvalue weighted by atomic mass is 10.0. The predicted octanol–water partition coefficient (Wildman–Crippen LogP) is 3.05. The van der Waals surface area contributed by atoms with Gasteiger partial charge in [0.2, 0.25) is 0 Å². The minimum Gasteiger partial charge on any atom is -0.324 e. The fraction of sp³-hybridized carbons (Fsp3) is 0.700. The molecule has 0 amide bonds. The minimum absolute atomic E-state index is 0.00819. The molecule has 0 aromatic carbocycles. The first-order valence-electron chi connectivity index (χ1n) is 5.38. The van der Waals surface area contributed by atoms with Crippen LogP contribution in [0.5, 0.6) is 0 Å². The Morgan fingerprint density at radius 1 is 1.16 bits per heavy atom. The van der Waals surface area contributed by atoms with Gasteiger partial charge in [0.25, 0.3) is 0 Å². The predicted molar refractivity (Wildman–Crippen MR) is 55.1 cm³/mol. The van der Waals surface area contributed by atoms with Crippen LogP contribution in [0, 0.1) is 0 Å². The average Bonchev–Trinajstić information content (AvgIpc) is 2.59. The Labute approximate surface area is 105 Å². The van der Waals surface area contributed by atoms with Gasteiger partial charge in [-0.1, -0.05) is 6.92 Å². The van der Waals surface area contributed by atoms with Crippen molar-refractivity contribution >= 4 is 0 Å². The van der Waals surface area contributed by atoms with Crippen LogP contribution in [0.3, 0.4) is 0 Å². The van der Waals surface area contributed by atoms with E-state index in [1.54, 1.807) is 6.92 Å². The van der Waals surface area contributed by atoms with E-state index in [1.165, 1.54) is 6.92 Å². The molecule has 0 fully saturated rings. The maximum atomic E-state index is 12.7. The second kappa shape index (κ2) is 4.69. The summed E-state index contributed by atoms with van der Waals surface area (Å²) in [5, 5.41) is 2.97. The van der Waals surface area contributed by atoms with Gasteiger partial charge >= 0.3 is 12.4 Å². The van der Waals surface area contributed by atoms with Crippen LogP contribution >= 0.6 is 0 Å². The molecule has 0 spiro atoms. The summed E-state index contributed by atoms with van der Waals surface area (Å²) >= 11 is 0. The summed E-state index contributed by atoms with van der Waals surface area (Å²) in [4.78, 5) is 0. The molecule has 0 aliphatic heterocycles. The number of halogens is 6. The second-order valence-electron chi connectivity index (χ2n) is 4.58. The van der Waals surface area contributed by atoms with E-state index in [2.05, 4.69) is 5.10 Å². The van der Waals surface area contributed by atoms with Gasteiger partial charge < -0.3 is 5.73 Å². The van der Waals surface area contributed by atoms with Crippen LogP contribution in [0.15, 0.2) is 6.07 Å². The number of aromatic nitrogens is 2. The highest BCUT2D eigenvalue weighted by Gasteiger charge is 2.42. The number of hydrogen-bond donors (Lipinski definition) is 1. The monoisotopic (exact) mass is 289 g/mol. The Hall–Kier alpha value is -1.25. The van der Waals surface area contributed by atoms with Gasteiger partial charge in [0.1, 0.15) is 5.69 Å². The van der Waals surface area contributed by atoms with E-state index in [0.29, 0.717) is 6.42 Å². The van der Waals surface area contributed by atoms with Crippen LogP contribution in [0.4, 0.5) is 26.3 Å². The first-order chi connectivity index (χ1) is 8.37. The van der Waals surface area contributed by atoms with Gasteiger partial charge in [-0.05, 0) is 13.3 Å². The number of alkyl halides is 6. The molecule has 1 rings (SSSR count). The molecular formula is C10H13F6N3. The number of nitrogens with zero attached hydrogens (tertiary/aromatic N) is 2. The summed E-state index contributed by atoms with van der Waals surface area (Å²) in [5.41, 5.74) is 1.56. The third-order valence-corrected chi connectivity index (χ3v) is 2.68. The molecule has 9 heteroatoms. The lowest BCUT2D eigenvalue weighted by molar-refractivity contribution is -0.144. The fourth-order valence-corrected chi connectivity index (χ4v) is 1.36. The zero-order chi connectivity index (χ0) is 15.1. The van der Waals surface area contributed by atoms with Crippen molar-refractivity contribution in [1.29, 1.82) is 0 Å². The largest absolute Gasteiger partial charge is 0.435 e. The van der Waals surface area contributed by atoms with E-state index in [9.17, 15) is 26.3 Å². The molecule has 19 heavy (non-hydrogen) atoms. The molecule has 1 heterocycles. The van der Waals surface area contributed by atoms with Crippen LogP contribution in [0.1, 0.15) is 31.7 Å². The van der Waals surface area contributed by atoms with Crippen LogP contribution in [0.2, 0.25) is 0 Å². The van der Waals surface area contributed by atoms with Crippen molar-refractivity contribution in [3.8, 4) is 0 Å². The zero-order valence-corrected chi connectivity index (χ0v) is 10.2. The molecule has 0 aliphatic carbocycles. The standard InChI is InChI=1S/C10H13F6N3/c1-3-8(2,17)5-19-7(10(14,15)16)4-6(18-19)9(11,12)13/h4H,3,5,17H2,1-2H3. The highest BCUT2D eigenvalue weighted by atomic mass is 19.4. The van der Waals surface area contributed by atoms with Crippen molar-refractivity contribution in [2.45, 2.75) is 44.7 Å². The van der Waals surface area contributed by atoms with Crippen LogP contribution in [0.25, 0.3) is 0 Å². The molecule has 0 bridgehead atoms. The smallest absolute Gasteiger partial charge is 0.324 e. The van der Waals surface area contributed by atoms with Crippen molar-refractivity contribution in [1.82, 2.24) is 9.78 Å². The van der Waals surface area contributed by atoms with Crippen molar-refractivity contribution < 1.29 is 26.3 Å². The van der Waals surface area contributed by atoms with Crippen molar-refractivity contribution in [2.75, 3.05) is 0 Å². The third-order valence-electron chi connectivity index (χ3n) is 2.68. The maximum absolute atomic E-state index is 12.7. The molecule has 3 nitrogen and oxygen atoms in total. The Balaban J connectivity index is 3.26. The Bertz CT molecular complexity index is 443. The molecule has 0 aliphatic rings. The van der Waals surface area contributed by atoms with E-state index in [0.717, 1.165) is 0 Å². The first-order valence-corrected chi connectivity index (χ1v) is 5.38. The summed E-state index contributed by atoms with van der Waals surface area (Å²) in [7, 11) is 0. The summed E-state index contributed by atoms with van der Waals surface area (Å²) < 4.78 is 75.5. The molecule has 0 saturated carbocycles. The first kappa shape index (κ1) is 15.8. The van der Waals surface area contributed by atoms with E-state index in [1.807, 2.05) is 0 Å². The molecule has 0 radical (unpaired) electrons. The van der Waals surface area contributed by atoms with Crippen molar-refractivity contribution in [3.05, 3.63) is 17.5 Å². The number of rotatable bonds is 3. The van der Waals surface area contributed by atoms with Gasteiger partial charge in [-0.25, -0.2) is 0 Å². The highest BCUT2D eigenvalue weighted by Crippen LogP contribution is 2.35. The van der Waals surface area contributed by atoms with Crippen LogP contribution in [-0.2, 0) is 18.9 Å². The van der Waals surface area contributed by atoms with Crippen LogP contribution in [-0.4, -0.2) is 15.3 Å². The van der Waals surface area contributed by atoms with Gasteiger partial charge in [0.05, 0.1) is 6.54 Å². The molecular weight excluding hydrogens is 276 g/mol. The molecule has 110 valence electrons. The van der Waals surface area contributed by atoms with E-state index in [-0.39, 0.29) is 10.7 Å². The van der Waals surface area contributed by atoms with E-state index in [4.69, 9.17) is 5.73 Å². The Morgan fingerprint density at radius 2 is 1.68 bits per heavy atom. The quantitative estimate of drug-likeness (QED) is 0.869.